The number of nitrogens with two attached hydrogens (primary N) is 1. The van der Waals surface area contributed by atoms with Gasteiger partial charge in [0.2, 0.25) is 5.91 Å². The molecule has 0 unspecified atom stereocenters. The zero-order chi connectivity index (χ0) is 15.2. The number of carbonyl (C=O) groups is 1. The van der Waals surface area contributed by atoms with Crippen LogP contribution in [0.1, 0.15) is 20.3 Å². The number of anilines is 1. The number of nitrogens with one attached hydrogen (secondary N) is 2. The first-order chi connectivity index (χ1) is 9.29. The van der Waals surface area contributed by atoms with Gasteiger partial charge in [-0.2, -0.15) is 0 Å². The van der Waals surface area contributed by atoms with Crippen molar-refractivity contribution < 1.29 is 9.72 Å². The highest BCUT2D eigenvalue weighted by Crippen LogP contribution is 2.22. The van der Waals surface area contributed by atoms with Gasteiger partial charge in [-0.25, -0.2) is 0 Å². The van der Waals surface area contributed by atoms with Gasteiger partial charge in [-0.05, 0) is 19.9 Å². The molecular formula is C13H21ClN4O3. The number of rotatable bonds is 7. The van der Waals surface area contributed by atoms with Crippen molar-refractivity contribution in [2.75, 3.05) is 18.4 Å². The number of hydrogen-bond donors (Lipinski definition) is 3. The van der Waals surface area contributed by atoms with Crippen molar-refractivity contribution in [1.82, 2.24) is 5.32 Å². The van der Waals surface area contributed by atoms with E-state index in [2.05, 4.69) is 10.6 Å². The maximum atomic E-state index is 11.6. The molecule has 8 heteroatoms. The predicted octanol–water partition coefficient (Wildman–Crippen LogP) is 1.67. The summed E-state index contributed by atoms with van der Waals surface area (Å²) in [5.74, 6) is -0.144. The molecule has 1 aromatic rings. The van der Waals surface area contributed by atoms with E-state index in [-0.39, 0.29) is 30.4 Å². The van der Waals surface area contributed by atoms with E-state index >= 15 is 0 Å². The Bertz CT molecular complexity index is 489. The molecule has 0 heterocycles. The highest BCUT2D eigenvalue weighted by Gasteiger charge is 2.13. The molecule has 0 saturated carbocycles. The fraction of sp³-hybridized carbons (Fsp3) is 0.462. The summed E-state index contributed by atoms with van der Waals surface area (Å²) in [6.45, 7) is 4.34. The molecule has 0 aliphatic heterocycles. The van der Waals surface area contributed by atoms with E-state index in [0.29, 0.717) is 18.8 Å². The summed E-state index contributed by atoms with van der Waals surface area (Å²) in [6.07, 6.45) is 0.224. The largest absolute Gasteiger partial charge is 0.379 e. The average Bonchev–Trinajstić information content (AvgIpc) is 2.36. The molecule has 0 spiro atoms. The second kappa shape index (κ2) is 8.43. The first kappa shape index (κ1) is 19.1. The van der Waals surface area contributed by atoms with Crippen molar-refractivity contribution in [2.45, 2.75) is 25.8 Å². The molecular weight excluding hydrogens is 296 g/mol. The van der Waals surface area contributed by atoms with E-state index < -0.39 is 10.5 Å². The summed E-state index contributed by atoms with van der Waals surface area (Å²) in [5.41, 5.74) is 5.70. The van der Waals surface area contributed by atoms with Crippen LogP contribution in [0.15, 0.2) is 24.3 Å². The molecule has 0 saturated heterocycles. The number of nitrogens with zero attached hydrogens (tertiary/aromatic N) is 1. The minimum Gasteiger partial charge on any atom is -0.379 e. The lowest BCUT2D eigenvalue weighted by Crippen LogP contribution is -2.45. The summed E-state index contributed by atoms with van der Waals surface area (Å²) in [4.78, 5) is 21.9. The van der Waals surface area contributed by atoms with Crippen molar-refractivity contribution >= 4 is 29.7 Å². The van der Waals surface area contributed by atoms with Gasteiger partial charge in [0.05, 0.1) is 4.92 Å². The summed E-state index contributed by atoms with van der Waals surface area (Å²) >= 11 is 0. The summed E-state index contributed by atoms with van der Waals surface area (Å²) in [7, 11) is 0. The van der Waals surface area contributed by atoms with Gasteiger partial charge in [-0.15, -0.1) is 12.4 Å². The Morgan fingerprint density at radius 1 is 1.38 bits per heavy atom. The molecule has 1 aromatic carbocycles. The van der Waals surface area contributed by atoms with Crippen molar-refractivity contribution in [3.05, 3.63) is 34.4 Å². The van der Waals surface area contributed by atoms with Crippen LogP contribution in [0.4, 0.5) is 11.4 Å². The standard InChI is InChI=1S/C13H20N4O3.ClH/c1-13(2,14)9-16-12(18)7-8-15-10-5-3-4-6-11(10)17(19)20;/h3-6,15H,7-9,14H2,1-2H3,(H,16,18);1H. The SMILES string of the molecule is CC(C)(N)CNC(=O)CCNc1ccccc1[N+](=O)[O-].Cl. The molecule has 0 aromatic heterocycles. The van der Waals surface area contributed by atoms with E-state index in [0.717, 1.165) is 0 Å². The molecule has 1 amide bonds. The zero-order valence-corrected chi connectivity index (χ0v) is 12.9. The van der Waals surface area contributed by atoms with Gasteiger partial charge in [0.1, 0.15) is 5.69 Å². The van der Waals surface area contributed by atoms with Crippen LogP contribution >= 0.6 is 12.4 Å². The summed E-state index contributed by atoms with van der Waals surface area (Å²) in [6, 6.07) is 6.32. The number of para-hydroxylation sites is 2. The lowest BCUT2D eigenvalue weighted by molar-refractivity contribution is -0.384. The molecule has 0 radical (unpaired) electrons. The van der Waals surface area contributed by atoms with Crippen LogP contribution in [-0.2, 0) is 4.79 Å². The molecule has 7 nitrogen and oxygen atoms in total. The Morgan fingerprint density at radius 3 is 2.57 bits per heavy atom. The number of nitro benzene ring substituents is 1. The molecule has 4 N–H and O–H groups in total. The molecule has 1 rings (SSSR count). The highest BCUT2D eigenvalue weighted by atomic mass is 35.5. The number of halogens is 1. The van der Waals surface area contributed by atoms with Gasteiger partial charge in [0, 0.05) is 31.1 Å². The van der Waals surface area contributed by atoms with Crippen LogP contribution in [0.3, 0.4) is 0 Å². The Morgan fingerprint density at radius 2 is 2.00 bits per heavy atom. The van der Waals surface area contributed by atoms with Gasteiger partial charge >= 0.3 is 0 Å². The van der Waals surface area contributed by atoms with Gasteiger partial charge in [-0.3, -0.25) is 14.9 Å². The van der Waals surface area contributed by atoms with Crippen LogP contribution in [-0.4, -0.2) is 29.5 Å². The predicted molar refractivity (Wildman–Crippen MR) is 84.7 cm³/mol. The van der Waals surface area contributed by atoms with Crippen molar-refractivity contribution in [3.63, 3.8) is 0 Å². The fourth-order valence-electron chi connectivity index (χ4n) is 1.51. The molecule has 0 atom stereocenters. The number of nitro groups is 1. The van der Waals surface area contributed by atoms with Gasteiger partial charge in [0.25, 0.3) is 5.69 Å². The monoisotopic (exact) mass is 316 g/mol. The Kier molecular flexibility index (Phi) is 7.69. The Labute approximate surface area is 129 Å². The van der Waals surface area contributed by atoms with Gasteiger partial charge in [0.15, 0.2) is 0 Å². The maximum Gasteiger partial charge on any atom is 0.292 e. The van der Waals surface area contributed by atoms with Crippen molar-refractivity contribution in [1.29, 1.82) is 0 Å². The van der Waals surface area contributed by atoms with E-state index in [1.807, 2.05) is 13.8 Å². The molecule has 118 valence electrons. The lowest BCUT2D eigenvalue weighted by atomic mass is 10.1. The second-order valence-electron chi connectivity index (χ2n) is 5.22. The smallest absolute Gasteiger partial charge is 0.292 e. The number of amides is 1. The molecule has 0 aliphatic rings. The zero-order valence-electron chi connectivity index (χ0n) is 12.1. The topological polar surface area (TPSA) is 110 Å². The van der Waals surface area contributed by atoms with E-state index in [1.54, 1.807) is 18.2 Å². The van der Waals surface area contributed by atoms with Crippen LogP contribution in [0.25, 0.3) is 0 Å². The average molecular weight is 317 g/mol. The minimum atomic E-state index is -0.459. The van der Waals surface area contributed by atoms with Gasteiger partial charge < -0.3 is 16.4 Å². The molecule has 0 bridgehead atoms. The first-order valence-electron chi connectivity index (χ1n) is 6.32. The fourth-order valence-corrected chi connectivity index (χ4v) is 1.51. The third-order valence-corrected chi connectivity index (χ3v) is 2.51. The molecule has 21 heavy (non-hydrogen) atoms. The number of hydrogen-bond acceptors (Lipinski definition) is 5. The van der Waals surface area contributed by atoms with Crippen LogP contribution < -0.4 is 16.4 Å². The minimum absolute atomic E-state index is 0. The first-order valence-corrected chi connectivity index (χ1v) is 6.32. The van der Waals surface area contributed by atoms with Crippen molar-refractivity contribution in [2.24, 2.45) is 5.73 Å². The quantitative estimate of drug-likeness (QED) is 0.523. The lowest BCUT2D eigenvalue weighted by Gasteiger charge is -2.18. The van der Waals surface area contributed by atoms with Crippen LogP contribution in [0, 0.1) is 10.1 Å². The van der Waals surface area contributed by atoms with E-state index in [9.17, 15) is 14.9 Å². The van der Waals surface area contributed by atoms with Crippen LogP contribution in [0.5, 0.6) is 0 Å². The number of benzene rings is 1. The normalized spacial score (nSPS) is 10.4. The third kappa shape index (κ3) is 7.48. The third-order valence-electron chi connectivity index (χ3n) is 2.51. The highest BCUT2D eigenvalue weighted by molar-refractivity contribution is 5.85. The van der Waals surface area contributed by atoms with Crippen LogP contribution in [0.2, 0.25) is 0 Å². The Balaban J connectivity index is 0.00000400. The maximum absolute atomic E-state index is 11.6. The molecule has 0 aliphatic carbocycles. The van der Waals surface area contributed by atoms with Crippen molar-refractivity contribution in [3.8, 4) is 0 Å². The second-order valence-corrected chi connectivity index (χ2v) is 5.22. The van der Waals surface area contributed by atoms with E-state index in [1.165, 1.54) is 6.07 Å². The number of carbonyl (C=O) groups excluding carboxylic acids is 1. The van der Waals surface area contributed by atoms with Gasteiger partial charge in [-0.1, -0.05) is 12.1 Å². The van der Waals surface area contributed by atoms with E-state index in [4.69, 9.17) is 5.73 Å². The summed E-state index contributed by atoms with van der Waals surface area (Å²) in [5, 5.41) is 16.4. The Hall–Kier alpha value is -1.86. The molecule has 0 fully saturated rings. The summed E-state index contributed by atoms with van der Waals surface area (Å²) < 4.78 is 0.